The molecule has 0 amide bonds. The van der Waals surface area contributed by atoms with Gasteiger partial charge in [0.25, 0.3) is 0 Å². The van der Waals surface area contributed by atoms with Gasteiger partial charge in [-0.15, -0.1) is 0 Å². The summed E-state index contributed by atoms with van der Waals surface area (Å²) in [4.78, 5) is 4.50. The second kappa shape index (κ2) is 6.75. The van der Waals surface area contributed by atoms with Crippen molar-refractivity contribution in [1.82, 2.24) is 4.98 Å². The summed E-state index contributed by atoms with van der Waals surface area (Å²) in [7, 11) is 0. The van der Waals surface area contributed by atoms with Crippen LogP contribution in [0.2, 0.25) is 0 Å². The van der Waals surface area contributed by atoms with Crippen molar-refractivity contribution in [3.05, 3.63) is 78.9 Å². The maximum Gasteiger partial charge on any atom is 0.227 e. The van der Waals surface area contributed by atoms with Crippen molar-refractivity contribution < 1.29 is 4.42 Å². The van der Waals surface area contributed by atoms with Gasteiger partial charge in [-0.1, -0.05) is 30.3 Å². The Morgan fingerprint density at radius 2 is 1.40 bits per heavy atom. The summed E-state index contributed by atoms with van der Waals surface area (Å²) >= 11 is 5.33. The van der Waals surface area contributed by atoms with Crippen molar-refractivity contribution in [2.45, 2.75) is 0 Å². The molecule has 0 radical (unpaired) electrons. The van der Waals surface area contributed by atoms with Crippen LogP contribution < -0.4 is 10.6 Å². The molecule has 0 fully saturated rings. The van der Waals surface area contributed by atoms with Gasteiger partial charge in [0.1, 0.15) is 5.52 Å². The van der Waals surface area contributed by atoms with E-state index in [9.17, 15) is 0 Å². The van der Waals surface area contributed by atoms with Crippen LogP contribution in [0.3, 0.4) is 0 Å². The van der Waals surface area contributed by atoms with E-state index in [2.05, 4.69) is 15.6 Å². The summed E-state index contributed by atoms with van der Waals surface area (Å²) in [6, 6.07) is 25.3. The number of hydrogen-bond donors (Lipinski definition) is 2. The highest BCUT2D eigenvalue weighted by atomic mass is 32.1. The number of aromatic nitrogens is 1. The topological polar surface area (TPSA) is 50.1 Å². The fourth-order valence-corrected chi connectivity index (χ4v) is 2.74. The van der Waals surface area contributed by atoms with Gasteiger partial charge in [0.2, 0.25) is 5.89 Å². The number of fused-ring (bicyclic) bond motifs is 1. The summed E-state index contributed by atoms with van der Waals surface area (Å²) in [6.45, 7) is 0. The van der Waals surface area contributed by atoms with Crippen molar-refractivity contribution >= 4 is 39.8 Å². The molecule has 0 spiro atoms. The van der Waals surface area contributed by atoms with Gasteiger partial charge in [0.15, 0.2) is 10.7 Å². The molecule has 3 aromatic carbocycles. The van der Waals surface area contributed by atoms with Crippen molar-refractivity contribution in [3.63, 3.8) is 0 Å². The SMILES string of the molecule is S=C(Nc1ccccc1)Nc1ccc(-c2nc3ccccc3o2)cc1. The number of nitrogens with zero attached hydrogens (tertiary/aromatic N) is 1. The normalized spacial score (nSPS) is 10.6. The van der Waals surface area contributed by atoms with E-state index in [1.807, 2.05) is 78.9 Å². The Balaban J connectivity index is 1.47. The molecule has 0 saturated carbocycles. The first kappa shape index (κ1) is 15.4. The molecule has 0 atom stereocenters. The number of oxazole rings is 1. The first-order valence-corrected chi connectivity index (χ1v) is 8.28. The van der Waals surface area contributed by atoms with E-state index in [0.717, 1.165) is 28.0 Å². The van der Waals surface area contributed by atoms with E-state index in [-0.39, 0.29) is 0 Å². The molecular weight excluding hydrogens is 330 g/mol. The van der Waals surface area contributed by atoms with Crippen LogP contribution in [0.5, 0.6) is 0 Å². The van der Waals surface area contributed by atoms with Gasteiger partial charge < -0.3 is 15.1 Å². The van der Waals surface area contributed by atoms with E-state index >= 15 is 0 Å². The second-order valence-corrected chi connectivity index (χ2v) is 5.92. The standard InChI is InChI=1S/C20H15N3OS/c25-20(21-15-6-2-1-3-7-15)22-16-12-10-14(11-13-16)19-23-17-8-4-5-9-18(17)24-19/h1-13H,(H2,21,22,25). The van der Waals surface area contributed by atoms with Gasteiger partial charge in [0.05, 0.1) is 0 Å². The Hall–Kier alpha value is -3.18. The van der Waals surface area contributed by atoms with Gasteiger partial charge in [-0.25, -0.2) is 4.98 Å². The Morgan fingerprint density at radius 3 is 2.12 bits per heavy atom. The molecule has 1 heterocycles. The van der Waals surface area contributed by atoms with Crippen LogP contribution in [0.1, 0.15) is 0 Å². The third kappa shape index (κ3) is 3.51. The van der Waals surface area contributed by atoms with Crippen molar-refractivity contribution in [2.24, 2.45) is 0 Å². The van der Waals surface area contributed by atoms with Crippen LogP contribution in [0.15, 0.2) is 83.3 Å². The number of benzene rings is 3. The Morgan fingerprint density at radius 1 is 0.760 bits per heavy atom. The fourth-order valence-electron chi connectivity index (χ4n) is 2.51. The molecule has 4 nitrogen and oxygen atoms in total. The number of rotatable bonds is 3. The van der Waals surface area contributed by atoms with Crippen LogP contribution in [0, 0.1) is 0 Å². The zero-order valence-corrected chi connectivity index (χ0v) is 14.1. The molecule has 5 heteroatoms. The molecular formula is C20H15N3OS. The molecule has 1 aromatic heterocycles. The molecule has 122 valence electrons. The van der Waals surface area contributed by atoms with E-state index in [1.54, 1.807) is 0 Å². The third-order valence-corrected chi connectivity index (χ3v) is 3.92. The molecule has 2 N–H and O–H groups in total. The smallest absolute Gasteiger partial charge is 0.227 e. The summed E-state index contributed by atoms with van der Waals surface area (Å²) in [6.07, 6.45) is 0. The number of nitrogens with one attached hydrogen (secondary N) is 2. The second-order valence-electron chi connectivity index (χ2n) is 5.51. The first-order chi connectivity index (χ1) is 12.3. The highest BCUT2D eigenvalue weighted by Gasteiger charge is 2.07. The molecule has 0 aliphatic heterocycles. The predicted octanol–water partition coefficient (Wildman–Crippen LogP) is 5.30. The zero-order valence-electron chi connectivity index (χ0n) is 13.3. The molecule has 4 aromatic rings. The predicted molar refractivity (Wildman–Crippen MR) is 106 cm³/mol. The average molecular weight is 345 g/mol. The minimum absolute atomic E-state index is 0.542. The van der Waals surface area contributed by atoms with Crippen LogP contribution in [0.25, 0.3) is 22.6 Å². The van der Waals surface area contributed by atoms with Crippen LogP contribution in [-0.2, 0) is 0 Å². The quantitative estimate of drug-likeness (QED) is 0.493. The minimum Gasteiger partial charge on any atom is -0.436 e. The highest BCUT2D eigenvalue weighted by molar-refractivity contribution is 7.80. The van der Waals surface area contributed by atoms with Crippen molar-refractivity contribution in [1.29, 1.82) is 0 Å². The molecule has 0 bridgehead atoms. The molecule has 4 rings (SSSR count). The van der Waals surface area contributed by atoms with E-state index in [4.69, 9.17) is 16.6 Å². The van der Waals surface area contributed by atoms with Crippen molar-refractivity contribution in [3.8, 4) is 11.5 Å². The van der Waals surface area contributed by atoms with Crippen molar-refractivity contribution in [2.75, 3.05) is 10.6 Å². The minimum atomic E-state index is 0.542. The monoisotopic (exact) mass is 345 g/mol. The number of para-hydroxylation sites is 3. The maximum atomic E-state index is 5.78. The lowest BCUT2D eigenvalue weighted by Crippen LogP contribution is -2.18. The maximum absolute atomic E-state index is 5.78. The van der Waals surface area contributed by atoms with Gasteiger partial charge >= 0.3 is 0 Å². The highest BCUT2D eigenvalue weighted by Crippen LogP contribution is 2.25. The van der Waals surface area contributed by atoms with E-state index in [1.165, 1.54) is 0 Å². The van der Waals surface area contributed by atoms with Gasteiger partial charge in [-0.05, 0) is 60.7 Å². The average Bonchev–Trinajstić information content (AvgIpc) is 3.07. The Labute approximate surface area is 150 Å². The Kier molecular flexibility index (Phi) is 4.14. The molecule has 0 aliphatic carbocycles. The van der Waals surface area contributed by atoms with Gasteiger partial charge in [-0.3, -0.25) is 0 Å². The first-order valence-electron chi connectivity index (χ1n) is 7.87. The lowest BCUT2D eigenvalue weighted by molar-refractivity contribution is 0.620. The van der Waals surface area contributed by atoms with Gasteiger partial charge in [-0.2, -0.15) is 0 Å². The zero-order chi connectivity index (χ0) is 17.1. The third-order valence-electron chi connectivity index (χ3n) is 3.72. The Bertz CT molecular complexity index is 977. The molecule has 25 heavy (non-hydrogen) atoms. The summed E-state index contributed by atoms with van der Waals surface area (Å²) in [5.41, 5.74) is 4.40. The van der Waals surface area contributed by atoms with Crippen LogP contribution in [-0.4, -0.2) is 10.1 Å². The van der Waals surface area contributed by atoms with Crippen LogP contribution >= 0.6 is 12.2 Å². The summed E-state index contributed by atoms with van der Waals surface area (Å²) in [5, 5.41) is 6.85. The van der Waals surface area contributed by atoms with Gasteiger partial charge in [0, 0.05) is 16.9 Å². The lowest BCUT2D eigenvalue weighted by Gasteiger charge is -2.10. The number of thiocarbonyl (C=S) groups is 1. The number of anilines is 2. The molecule has 0 saturated heterocycles. The lowest BCUT2D eigenvalue weighted by atomic mass is 10.2. The molecule has 0 unspecified atom stereocenters. The largest absolute Gasteiger partial charge is 0.436 e. The van der Waals surface area contributed by atoms with E-state index in [0.29, 0.717) is 11.0 Å². The fraction of sp³-hybridized carbons (Fsp3) is 0. The summed E-state index contributed by atoms with van der Waals surface area (Å²) in [5.74, 6) is 0.609. The summed E-state index contributed by atoms with van der Waals surface area (Å²) < 4.78 is 5.78. The van der Waals surface area contributed by atoms with E-state index < -0.39 is 0 Å². The number of hydrogen-bond acceptors (Lipinski definition) is 3. The molecule has 0 aliphatic rings. The van der Waals surface area contributed by atoms with Crippen LogP contribution in [0.4, 0.5) is 11.4 Å².